The lowest BCUT2D eigenvalue weighted by molar-refractivity contribution is -0.156. The van der Waals surface area contributed by atoms with Gasteiger partial charge in [-0.3, -0.25) is 19.4 Å². The maximum atomic E-state index is 13.5. The van der Waals surface area contributed by atoms with Crippen LogP contribution in [0.4, 0.5) is 5.69 Å². The van der Waals surface area contributed by atoms with Crippen molar-refractivity contribution in [3.63, 3.8) is 0 Å². The number of fused-ring (bicyclic) bond motifs is 4. The van der Waals surface area contributed by atoms with E-state index in [1.165, 1.54) is 0 Å². The van der Waals surface area contributed by atoms with Gasteiger partial charge in [0.1, 0.15) is 16.9 Å². The number of methoxy groups -OCH3 is 2. The van der Waals surface area contributed by atoms with Crippen LogP contribution in [-0.2, 0) is 19.1 Å². The third-order valence-corrected chi connectivity index (χ3v) is 9.24. The Morgan fingerprint density at radius 3 is 2.21 bits per heavy atom. The average Bonchev–Trinajstić information content (AvgIpc) is 3.85. The van der Waals surface area contributed by atoms with Crippen molar-refractivity contribution in [2.24, 2.45) is 23.2 Å². The summed E-state index contributed by atoms with van der Waals surface area (Å²) in [5.41, 5.74) is 0.131. The molecule has 2 N–H and O–H groups in total. The first-order valence-electron chi connectivity index (χ1n) is 14.9. The molecule has 0 aliphatic heterocycles. The summed E-state index contributed by atoms with van der Waals surface area (Å²) in [6.45, 7) is 2.11. The molecule has 1 heterocycles. The molecule has 4 saturated carbocycles. The molecule has 0 unspecified atom stereocenters. The highest BCUT2D eigenvalue weighted by atomic mass is 16.5. The van der Waals surface area contributed by atoms with Gasteiger partial charge in [0.05, 0.1) is 32.3 Å². The quantitative estimate of drug-likeness (QED) is 0.244. The molecule has 0 spiro atoms. The summed E-state index contributed by atoms with van der Waals surface area (Å²) < 4.78 is 22.3. The van der Waals surface area contributed by atoms with Crippen LogP contribution in [0.15, 0.2) is 48.7 Å². The Morgan fingerprint density at radius 2 is 1.56 bits per heavy atom. The largest absolute Gasteiger partial charge is 0.493 e. The van der Waals surface area contributed by atoms with E-state index in [2.05, 4.69) is 15.6 Å². The Kier molecular flexibility index (Phi) is 7.85. The minimum Gasteiger partial charge on any atom is -0.493 e. The fraction of sp³-hybridized carbons (Fsp3) is 0.455. The van der Waals surface area contributed by atoms with E-state index in [0.29, 0.717) is 53.7 Å². The molecule has 0 saturated heterocycles. The molecule has 10 nitrogen and oxygen atoms in total. The number of aromatic nitrogens is 1. The molecule has 4 fully saturated rings. The van der Waals surface area contributed by atoms with Crippen molar-refractivity contribution < 1.29 is 33.3 Å². The number of hydrogen-bond acceptors (Lipinski definition) is 8. The molecule has 7 rings (SSSR count). The van der Waals surface area contributed by atoms with Gasteiger partial charge in [-0.05, 0) is 93.7 Å². The van der Waals surface area contributed by atoms with Crippen molar-refractivity contribution >= 4 is 34.4 Å². The highest BCUT2D eigenvalue weighted by molar-refractivity contribution is 6.13. The molecular formula is C33H37N3O7. The van der Waals surface area contributed by atoms with Gasteiger partial charge >= 0.3 is 5.97 Å². The lowest BCUT2D eigenvalue weighted by Gasteiger charge is -2.47. The highest BCUT2D eigenvalue weighted by Gasteiger charge is 2.58. The summed E-state index contributed by atoms with van der Waals surface area (Å²) in [6, 6.07) is 12.1. The van der Waals surface area contributed by atoms with Gasteiger partial charge < -0.3 is 29.6 Å². The minimum absolute atomic E-state index is 0.217. The summed E-state index contributed by atoms with van der Waals surface area (Å²) in [4.78, 5) is 44.1. The first-order valence-corrected chi connectivity index (χ1v) is 14.9. The SMILES string of the molecule is CCOC(=O)[C@H]1C2CCC(CC2)[C@@H]1NC(=O)C1(C(=O)Nc2ccc(Oc3ccnc4cc(OC)c(OC)cc34)cc2)CC1. The van der Waals surface area contributed by atoms with Gasteiger partial charge in [0.2, 0.25) is 11.8 Å². The Morgan fingerprint density at radius 1 is 0.884 bits per heavy atom. The van der Waals surface area contributed by atoms with Crippen molar-refractivity contribution in [1.82, 2.24) is 10.3 Å². The van der Waals surface area contributed by atoms with E-state index in [9.17, 15) is 14.4 Å². The van der Waals surface area contributed by atoms with E-state index in [1.54, 1.807) is 63.7 Å². The summed E-state index contributed by atoms with van der Waals surface area (Å²) in [5.74, 6) is 1.53. The molecule has 4 aliphatic carbocycles. The lowest BCUT2D eigenvalue weighted by atomic mass is 9.61. The fourth-order valence-corrected chi connectivity index (χ4v) is 6.73. The predicted octanol–water partition coefficient (Wildman–Crippen LogP) is 5.25. The van der Waals surface area contributed by atoms with Crippen LogP contribution in [0.1, 0.15) is 45.4 Å². The minimum atomic E-state index is -1.12. The number of hydrogen-bond donors (Lipinski definition) is 2. The Labute approximate surface area is 250 Å². The molecule has 226 valence electrons. The zero-order chi connectivity index (χ0) is 30.1. The molecule has 1 aromatic heterocycles. The average molecular weight is 588 g/mol. The number of carbonyl (C=O) groups excluding carboxylic acids is 3. The molecule has 10 heteroatoms. The van der Waals surface area contributed by atoms with E-state index in [0.717, 1.165) is 31.1 Å². The molecule has 0 radical (unpaired) electrons. The Hall–Kier alpha value is -4.34. The van der Waals surface area contributed by atoms with Gasteiger partial charge in [0.15, 0.2) is 11.5 Å². The van der Waals surface area contributed by atoms with Gasteiger partial charge in [0.25, 0.3) is 0 Å². The van der Waals surface area contributed by atoms with Crippen molar-refractivity contribution in [1.29, 1.82) is 0 Å². The van der Waals surface area contributed by atoms with Crippen molar-refractivity contribution in [2.45, 2.75) is 51.5 Å². The molecule has 4 aliphatic rings. The lowest BCUT2D eigenvalue weighted by Crippen LogP contribution is -2.58. The third-order valence-electron chi connectivity index (χ3n) is 9.24. The number of pyridine rings is 1. The topological polar surface area (TPSA) is 125 Å². The number of benzene rings is 2. The monoisotopic (exact) mass is 587 g/mol. The van der Waals surface area contributed by atoms with Gasteiger partial charge in [0, 0.05) is 29.4 Å². The van der Waals surface area contributed by atoms with Crippen LogP contribution in [0.25, 0.3) is 10.9 Å². The van der Waals surface area contributed by atoms with E-state index < -0.39 is 5.41 Å². The zero-order valence-electron chi connectivity index (χ0n) is 24.7. The van der Waals surface area contributed by atoms with Crippen LogP contribution in [0.2, 0.25) is 0 Å². The summed E-state index contributed by atoms with van der Waals surface area (Å²) in [5, 5.41) is 6.80. The van der Waals surface area contributed by atoms with E-state index >= 15 is 0 Å². The van der Waals surface area contributed by atoms with Crippen LogP contribution in [0.3, 0.4) is 0 Å². The van der Waals surface area contributed by atoms with Crippen molar-refractivity contribution in [2.75, 3.05) is 26.1 Å². The molecule has 2 aromatic carbocycles. The smallest absolute Gasteiger partial charge is 0.311 e. The number of nitrogens with zero attached hydrogens (tertiary/aromatic N) is 1. The normalized spacial score (nSPS) is 23.2. The number of anilines is 1. The first kappa shape index (κ1) is 28.8. The van der Waals surface area contributed by atoms with Gasteiger partial charge in [-0.15, -0.1) is 0 Å². The highest BCUT2D eigenvalue weighted by Crippen LogP contribution is 2.50. The van der Waals surface area contributed by atoms with E-state index in [1.807, 2.05) is 6.07 Å². The second-order valence-electron chi connectivity index (χ2n) is 11.6. The second kappa shape index (κ2) is 11.7. The molecule has 43 heavy (non-hydrogen) atoms. The third kappa shape index (κ3) is 5.46. The standard InChI is InChI=1S/C33H37N3O7/c1-4-42-30(37)28-19-5-7-20(8-6-19)29(28)36-32(39)33(14-15-33)31(38)35-21-9-11-22(12-10-21)43-25-13-16-34-24-18-27(41-3)26(40-2)17-23(24)25/h9-13,16-20,28-29H,4-8,14-15H2,1-3H3,(H,35,38)(H,36,39)/t19?,20?,28-,29-/m0/s1. The van der Waals surface area contributed by atoms with Gasteiger partial charge in [-0.1, -0.05) is 0 Å². The van der Waals surface area contributed by atoms with E-state index in [-0.39, 0.29) is 41.6 Å². The van der Waals surface area contributed by atoms with Crippen LogP contribution in [0, 0.1) is 23.2 Å². The van der Waals surface area contributed by atoms with Crippen LogP contribution in [-0.4, -0.2) is 49.6 Å². The summed E-state index contributed by atoms with van der Waals surface area (Å²) >= 11 is 0. The van der Waals surface area contributed by atoms with Crippen molar-refractivity contribution in [3.8, 4) is 23.0 Å². The number of rotatable bonds is 10. The van der Waals surface area contributed by atoms with Crippen LogP contribution in [0.5, 0.6) is 23.0 Å². The van der Waals surface area contributed by atoms with Crippen molar-refractivity contribution in [3.05, 3.63) is 48.7 Å². The van der Waals surface area contributed by atoms with Gasteiger partial charge in [-0.2, -0.15) is 0 Å². The first-order chi connectivity index (χ1) is 20.9. The van der Waals surface area contributed by atoms with Crippen LogP contribution >= 0.6 is 0 Å². The number of amides is 2. The van der Waals surface area contributed by atoms with E-state index in [4.69, 9.17) is 18.9 Å². The maximum absolute atomic E-state index is 13.5. The molecule has 2 amide bonds. The fourth-order valence-electron chi connectivity index (χ4n) is 6.73. The second-order valence-corrected chi connectivity index (χ2v) is 11.6. The Bertz CT molecular complexity index is 1530. The number of esters is 1. The predicted molar refractivity (Wildman–Crippen MR) is 159 cm³/mol. The molecule has 3 aromatic rings. The van der Waals surface area contributed by atoms with Crippen LogP contribution < -0.4 is 24.8 Å². The zero-order valence-corrected chi connectivity index (χ0v) is 24.7. The number of carbonyl (C=O) groups is 3. The summed E-state index contributed by atoms with van der Waals surface area (Å²) in [6.07, 6.45) is 6.52. The summed E-state index contributed by atoms with van der Waals surface area (Å²) in [7, 11) is 3.15. The molecule has 2 bridgehead atoms. The van der Waals surface area contributed by atoms with Gasteiger partial charge in [-0.25, -0.2) is 0 Å². The number of nitrogens with one attached hydrogen (secondary N) is 2. The number of ether oxygens (including phenoxy) is 4. The molecule has 2 atom stereocenters. The Balaban J connectivity index is 1.12. The molecular weight excluding hydrogens is 550 g/mol. The maximum Gasteiger partial charge on any atom is 0.311 e.